The third kappa shape index (κ3) is 11.7. The normalized spacial score (nSPS) is 11.1. The predicted octanol–water partition coefficient (Wildman–Crippen LogP) is 7.42. The minimum absolute atomic E-state index is 0.0141. The number of rotatable bonds is 20. The molecule has 0 bridgehead atoms. The second kappa shape index (κ2) is 19.2. The molecule has 0 aliphatic heterocycles. The number of carbonyl (C=O) groups is 2. The van der Waals surface area contributed by atoms with Crippen molar-refractivity contribution < 1.29 is 48.2 Å². The van der Waals surface area contributed by atoms with Gasteiger partial charge in [0.2, 0.25) is 6.79 Å². The van der Waals surface area contributed by atoms with Crippen LogP contribution in [0.1, 0.15) is 47.7 Å². The van der Waals surface area contributed by atoms with E-state index in [2.05, 4.69) is 18.9 Å². The molecule has 0 saturated heterocycles. The molecule has 0 fully saturated rings. The molecule has 0 heterocycles. The third-order valence-corrected chi connectivity index (χ3v) is 6.92. The van der Waals surface area contributed by atoms with E-state index < -0.39 is 18.0 Å². The van der Waals surface area contributed by atoms with Crippen molar-refractivity contribution in [3.63, 3.8) is 0 Å². The van der Waals surface area contributed by atoms with Gasteiger partial charge in [0.15, 0.2) is 6.26 Å². The van der Waals surface area contributed by atoms with Crippen LogP contribution in [0.2, 0.25) is 0 Å². The molecule has 1 unspecified atom stereocenters. The highest BCUT2D eigenvalue weighted by Crippen LogP contribution is 2.25. The third-order valence-electron chi connectivity index (χ3n) is 6.92. The van der Waals surface area contributed by atoms with Crippen LogP contribution >= 0.6 is 0 Å². The monoisotopic (exact) mass is 654 g/mol. The number of aliphatic hydroxyl groups is 1. The van der Waals surface area contributed by atoms with Gasteiger partial charge >= 0.3 is 11.9 Å². The standard InChI is InChI=1S/C38H38O10/c1-3-21-46-47-24-6-5-22-42-32-17-19-33(20-18-32)44-27-45-35-16-13-29-25-31(10-9-30(29)26-35)38(41)48-34-14-11-28(12-15-34)36(39)8-7-23-43-37(40)4-2/h4,9-21,25-26,36,39H,1-2,5-8,22-24,27H2. The van der Waals surface area contributed by atoms with E-state index in [0.717, 1.165) is 35.4 Å². The molecule has 0 amide bonds. The summed E-state index contributed by atoms with van der Waals surface area (Å²) in [6.45, 7) is 7.93. The summed E-state index contributed by atoms with van der Waals surface area (Å²) in [5.41, 5.74) is 3.51. The second-order valence-electron chi connectivity index (χ2n) is 10.4. The van der Waals surface area contributed by atoms with E-state index in [1.165, 1.54) is 6.26 Å². The Bertz CT molecular complexity index is 1670. The van der Waals surface area contributed by atoms with Crippen molar-refractivity contribution in [3.8, 4) is 23.0 Å². The van der Waals surface area contributed by atoms with Crippen molar-refractivity contribution >= 4 is 22.7 Å². The second-order valence-corrected chi connectivity index (χ2v) is 10.4. The zero-order chi connectivity index (χ0) is 34.0. The molecule has 0 aromatic heterocycles. The van der Waals surface area contributed by atoms with Crippen LogP contribution in [0, 0.1) is 0 Å². The lowest BCUT2D eigenvalue weighted by atomic mass is 10.1. The minimum Gasteiger partial charge on any atom is -0.494 e. The van der Waals surface area contributed by atoms with Crippen molar-refractivity contribution in [2.45, 2.75) is 31.8 Å². The van der Waals surface area contributed by atoms with Crippen LogP contribution in [-0.4, -0.2) is 43.7 Å². The molecule has 4 rings (SSSR count). The van der Waals surface area contributed by atoms with E-state index in [9.17, 15) is 14.7 Å². The van der Waals surface area contributed by atoms with Gasteiger partial charge < -0.3 is 33.7 Å². The maximum Gasteiger partial charge on any atom is 0.343 e. The first-order chi connectivity index (χ1) is 23.4. The lowest BCUT2D eigenvalue weighted by Crippen LogP contribution is -2.09. The summed E-state index contributed by atoms with van der Waals surface area (Å²) in [4.78, 5) is 33.5. The molecule has 0 spiro atoms. The predicted molar refractivity (Wildman–Crippen MR) is 179 cm³/mol. The molecule has 0 aliphatic carbocycles. The average Bonchev–Trinajstić information content (AvgIpc) is 3.11. The topological polar surface area (TPSA) is 119 Å². The van der Waals surface area contributed by atoms with Crippen molar-refractivity contribution in [3.05, 3.63) is 127 Å². The number of carbonyl (C=O) groups excluding carboxylic acids is 2. The molecule has 250 valence electrons. The molecule has 0 aliphatic rings. The molecular weight excluding hydrogens is 616 g/mol. The first-order valence-corrected chi connectivity index (χ1v) is 15.4. The summed E-state index contributed by atoms with van der Waals surface area (Å²) in [5, 5.41) is 12.1. The molecule has 1 atom stereocenters. The Hall–Kier alpha value is -5.54. The van der Waals surface area contributed by atoms with Crippen LogP contribution in [0.4, 0.5) is 0 Å². The summed E-state index contributed by atoms with van der Waals surface area (Å²) in [7, 11) is 0. The Labute approximate surface area is 279 Å². The Morgan fingerprint density at radius 1 is 0.750 bits per heavy atom. The van der Waals surface area contributed by atoms with Gasteiger partial charge in [0, 0.05) is 6.08 Å². The summed E-state index contributed by atoms with van der Waals surface area (Å²) in [5.74, 6) is 1.35. The Morgan fingerprint density at radius 2 is 1.40 bits per heavy atom. The first kappa shape index (κ1) is 35.3. The number of benzene rings is 4. The van der Waals surface area contributed by atoms with E-state index >= 15 is 0 Å². The van der Waals surface area contributed by atoms with Crippen LogP contribution in [0.5, 0.6) is 23.0 Å². The number of hydrogen-bond donors (Lipinski definition) is 1. The molecule has 10 nitrogen and oxygen atoms in total. The van der Waals surface area contributed by atoms with Gasteiger partial charge in [-0.1, -0.05) is 43.2 Å². The van der Waals surface area contributed by atoms with E-state index in [4.69, 9.17) is 33.5 Å². The highest BCUT2D eigenvalue weighted by molar-refractivity contribution is 5.96. The maximum atomic E-state index is 12.8. The minimum atomic E-state index is -0.736. The fourth-order valence-corrected chi connectivity index (χ4v) is 4.41. The van der Waals surface area contributed by atoms with Gasteiger partial charge in [0.1, 0.15) is 23.0 Å². The quantitative estimate of drug-likeness (QED) is 0.0119. The molecule has 10 heteroatoms. The summed E-state index contributed by atoms with van der Waals surface area (Å²) in [6.07, 6.45) is 4.13. The van der Waals surface area contributed by atoms with Crippen molar-refractivity contribution in [1.82, 2.24) is 0 Å². The zero-order valence-electron chi connectivity index (χ0n) is 26.5. The van der Waals surface area contributed by atoms with Crippen LogP contribution in [0.25, 0.3) is 10.8 Å². The van der Waals surface area contributed by atoms with Crippen molar-refractivity contribution in [2.24, 2.45) is 0 Å². The first-order valence-electron chi connectivity index (χ1n) is 15.4. The largest absolute Gasteiger partial charge is 0.494 e. The lowest BCUT2D eigenvalue weighted by Gasteiger charge is -2.12. The molecule has 48 heavy (non-hydrogen) atoms. The number of esters is 2. The summed E-state index contributed by atoms with van der Waals surface area (Å²) < 4.78 is 27.7. The molecule has 4 aromatic carbocycles. The van der Waals surface area contributed by atoms with E-state index in [1.54, 1.807) is 42.5 Å². The zero-order valence-corrected chi connectivity index (χ0v) is 26.5. The van der Waals surface area contributed by atoms with Gasteiger partial charge in [-0.15, -0.1) is 0 Å². The average molecular weight is 655 g/mol. The summed E-state index contributed by atoms with van der Waals surface area (Å²) in [6, 6.07) is 24.7. The SMILES string of the molecule is C=C=COOCCCCOc1ccc(OCOc2ccc3cc(C(=O)Oc4ccc(C(O)CCCOC(=O)C=C)cc4)ccc3c2)cc1. The number of hydrogen-bond acceptors (Lipinski definition) is 10. The van der Waals surface area contributed by atoms with Gasteiger partial charge in [0.05, 0.1) is 31.5 Å². The number of aliphatic hydroxyl groups excluding tert-OH is 1. The Morgan fingerprint density at radius 3 is 2.15 bits per heavy atom. The van der Waals surface area contributed by atoms with Crippen molar-refractivity contribution in [1.29, 1.82) is 0 Å². The van der Waals surface area contributed by atoms with Crippen LogP contribution in [0.3, 0.4) is 0 Å². The van der Waals surface area contributed by atoms with E-state index in [1.807, 2.05) is 42.5 Å². The van der Waals surface area contributed by atoms with Gasteiger partial charge in [-0.05, 0) is 103 Å². The van der Waals surface area contributed by atoms with Crippen LogP contribution < -0.4 is 18.9 Å². The van der Waals surface area contributed by atoms with Gasteiger partial charge in [0.25, 0.3) is 0 Å². The van der Waals surface area contributed by atoms with Gasteiger partial charge in [-0.3, -0.25) is 0 Å². The Kier molecular flexibility index (Phi) is 14.1. The lowest BCUT2D eigenvalue weighted by molar-refractivity contribution is -0.249. The van der Waals surface area contributed by atoms with Gasteiger partial charge in [-0.25, -0.2) is 9.59 Å². The van der Waals surface area contributed by atoms with E-state index in [-0.39, 0.29) is 13.4 Å². The molecule has 0 radical (unpaired) electrons. The highest BCUT2D eigenvalue weighted by Gasteiger charge is 2.12. The molecular formula is C38H38O10. The fourth-order valence-electron chi connectivity index (χ4n) is 4.41. The van der Waals surface area contributed by atoms with Crippen LogP contribution in [-0.2, 0) is 19.3 Å². The number of unbranched alkanes of at least 4 members (excludes halogenated alkanes) is 1. The maximum absolute atomic E-state index is 12.8. The van der Waals surface area contributed by atoms with E-state index in [0.29, 0.717) is 54.4 Å². The van der Waals surface area contributed by atoms with Crippen LogP contribution in [0.15, 0.2) is 116 Å². The summed E-state index contributed by atoms with van der Waals surface area (Å²) >= 11 is 0. The number of ether oxygens (including phenoxy) is 5. The van der Waals surface area contributed by atoms with Crippen molar-refractivity contribution in [2.75, 3.05) is 26.6 Å². The molecule has 0 saturated carbocycles. The fraction of sp³-hybridized carbons (Fsp3) is 0.237. The number of fused-ring (bicyclic) bond motifs is 1. The molecule has 1 N–H and O–H groups in total. The smallest absolute Gasteiger partial charge is 0.343 e. The highest BCUT2D eigenvalue weighted by atomic mass is 17.2. The Balaban J connectivity index is 1.19. The molecule has 4 aromatic rings. The van der Waals surface area contributed by atoms with Gasteiger partial charge in [-0.2, -0.15) is 4.89 Å².